The van der Waals surface area contributed by atoms with E-state index in [9.17, 15) is 4.79 Å². The smallest absolute Gasteiger partial charge is 0.252 e. The highest BCUT2D eigenvalue weighted by Crippen LogP contribution is 2.14. The van der Waals surface area contributed by atoms with Crippen LogP contribution in [0.25, 0.3) is 0 Å². The number of hydrazone groups is 1. The molecule has 2 heterocycles. The van der Waals surface area contributed by atoms with Crippen LogP contribution in [0, 0.1) is 5.92 Å². The summed E-state index contributed by atoms with van der Waals surface area (Å²) in [5.41, 5.74) is 3.77. The van der Waals surface area contributed by atoms with Gasteiger partial charge in [-0.05, 0) is 18.1 Å². The van der Waals surface area contributed by atoms with Gasteiger partial charge in [0.1, 0.15) is 6.04 Å². The summed E-state index contributed by atoms with van der Waals surface area (Å²) >= 11 is 4.92. The maximum Gasteiger partial charge on any atom is 0.252 e. The quantitative estimate of drug-likeness (QED) is 0.505. The summed E-state index contributed by atoms with van der Waals surface area (Å²) < 4.78 is 0. The van der Waals surface area contributed by atoms with Crippen molar-refractivity contribution in [2.24, 2.45) is 11.0 Å². The fraction of sp³-hybridized carbons (Fsp3) is 0.625. The van der Waals surface area contributed by atoms with Gasteiger partial charge in [0.15, 0.2) is 5.11 Å². The van der Waals surface area contributed by atoms with Crippen molar-refractivity contribution in [1.82, 2.24) is 16.1 Å². The second-order valence-corrected chi connectivity index (χ2v) is 4.15. The molecule has 1 saturated heterocycles. The van der Waals surface area contributed by atoms with E-state index in [1.807, 2.05) is 13.8 Å². The molecule has 1 fully saturated rings. The number of thiocarbonyl (C=S) groups is 1. The summed E-state index contributed by atoms with van der Waals surface area (Å²) in [5, 5.41) is 10.1. The van der Waals surface area contributed by atoms with Gasteiger partial charge < -0.3 is 10.6 Å². The average molecular weight is 212 g/mol. The third-order valence-electron chi connectivity index (χ3n) is 2.38. The number of hydrogen-bond donors (Lipinski definition) is 3. The molecule has 2 rings (SSSR count). The van der Waals surface area contributed by atoms with E-state index in [2.05, 4.69) is 21.2 Å². The number of carbonyl (C=O) groups excluding carboxylic acids is 1. The van der Waals surface area contributed by atoms with Crippen molar-refractivity contribution in [3.8, 4) is 0 Å². The Morgan fingerprint density at radius 1 is 1.43 bits per heavy atom. The monoisotopic (exact) mass is 212 g/mol. The molecule has 5 nitrogen and oxygen atoms in total. The molecule has 0 saturated carbocycles. The van der Waals surface area contributed by atoms with E-state index in [1.165, 1.54) is 0 Å². The molecule has 3 N–H and O–H groups in total. The van der Waals surface area contributed by atoms with Crippen molar-refractivity contribution in [2.45, 2.75) is 25.9 Å². The summed E-state index contributed by atoms with van der Waals surface area (Å²) in [5.74, 6) is 0.192. The Balaban J connectivity index is 2.22. The molecule has 0 spiro atoms. The predicted octanol–water partition coefficient (Wildman–Crippen LogP) is -0.657. The third kappa shape index (κ3) is 1.35. The molecule has 14 heavy (non-hydrogen) atoms. The number of nitrogens with zero attached hydrogens (tertiary/aromatic N) is 1. The number of hydrogen-bond acceptors (Lipinski definition) is 4. The van der Waals surface area contributed by atoms with Gasteiger partial charge in [0.2, 0.25) is 0 Å². The molecule has 2 atom stereocenters. The van der Waals surface area contributed by atoms with Crippen LogP contribution in [0.2, 0.25) is 0 Å². The van der Waals surface area contributed by atoms with Crippen LogP contribution in [-0.2, 0) is 4.79 Å². The van der Waals surface area contributed by atoms with Crippen LogP contribution in [0.3, 0.4) is 0 Å². The number of carbonyl (C=O) groups is 1. The first-order chi connectivity index (χ1) is 6.59. The van der Waals surface area contributed by atoms with E-state index in [0.717, 1.165) is 5.71 Å². The summed E-state index contributed by atoms with van der Waals surface area (Å²) in [7, 11) is 0. The lowest BCUT2D eigenvalue weighted by Crippen LogP contribution is -2.64. The Kier molecular flexibility index (Phi) is 2.14. The molecule has 0 radical (unpaired) electrons. The molecule has 6 heteroatoms. The zero-order valence-electron chi connectivity index (χ0n) is 8.00. The number of nitrogens with one attached hydrogen (secondary N) is 3. The lowest BCUT2D eigenvalue weighted by molar-refractivity contribution is -0.122. The van der Waals surface area contributed by atoms with Crippen LogP contribution in [0.4, 0.5) is 0 Å². The van der Waals surface area contributed by atoms with Crippen molar-refractivity contribution < 1.29 is 4.79 Å². The van der Waals surface area contributed by atoms with Gasteiger partial charge >= 0.3 is 0 Å². The molecule has 2 unspecified atom stereocenters. The fourth-order valence-corrected chi connectivity index (χ4v) is 1.91. The maximum absolute atomic E-state index is 11.5. The van der Waals surface area contributed by atoms with E-state index in [0.29, 0.717) is 11.0 Å². The highest BCUT2D eigenvalue weighted by molar-refractivity contribution is 7.80. The number of rotatable bonds is 1. The molecular weight excluding hydrogens is 200 g/mol. The molecule has 0 aliphatic carbocycles. The van der Waals surface area contributed by atoms with E-state index >= 15 is 0 Å². The summed E-state index contributed by atoms with van der Waals surface area (Å²) in [4.78, 5) is 11.5. The minimum Gasteiger partial charge on any atom is -0.352 e. The third-order valence-corrected chi connectivity index (χ3v) is 2.60. The average Bonchev–Trinajstić information content (AvgIpc) is 2.47. The predicted molar refractivity (Wildman–Crippen MR) is 56.9 cm³/mol. The molecule has 76 valence electrons. The van der Waals surface area contributed by atoms with Gasteiger partial charge in [-0.25, -0.2) is 0 Å². The van der Waals surface area contributed by atoms with Crippen LogP contribution in [0.15, 0.2) is 5.10 Å². The Morgan fingerprint density at radius 2 is 2.14 bits per heavy atom. The normalized spacial score (nSPS) is 30.4. The van der Waals surface area contributed by atoms with Gasteiger partial charge in [-0.3, -0.25) is 10.2 Å². The minimum atomic E-state index is -0.320. The van der Waals surface area contributed by atoms with Crippen molar-refractivity contribution in [2.75, 3.05) is 0 Å². The van der Waals surface area contributed by atoms with Crippen LogP contribution in [-0.4, -0.2) is 28.8 Å². The number of fused-ring (bicyclic) bond motifs is 1. The van der Waals surface area contributed by atoms with Gasteiger partial charge in [0.05, 0.1) is 11.8 Å². The Labute approximate surface area is 87.3 Å². The summed E-state index contributed by atoms with van der Waals surface area (Å²) in [6.07, 6.45) is 0. The van der Waals surface area contributed by atoms with E-state index in [4.69, 9.17) is 12.2 Å². The van der Waals surface area contributed by atoms with Crippen LogP contribution >= 0.6 is 12.2 Å². The lowest BCUT2D eigenvalue weighted by Gasteiger charge is -2.28. The van der Waals surface area contributed by atoms with E-state index in [1.54, 1.807) is 0 Å². The standard InChI is InChI=1S/C8H12N4OS/c1-3(2)4-5-6(12-11-4)7(13)10-8(14)9-5/h3,5-6,12H,1-2H3,(H2,9,10,13,14). The second kappa shape index (κ2) is 3.20. The minimum absolute atomic E-state index is 0.0868. The molecular formula is C8H12N4OS. The largest absolute Gasteiger partial charge is 0.352 e. The van der Waals surface area contributed by atoms with Gasteiger partial charge in [0, 0.05) is 0 Å². The van der Waals surface area contributed by atoms with Crippen molar-refractivity contribution in [3.63, 3.8) is 0 Å². The summed E-state index contributed by atoms with van der Waals surface area (Å²) in [6, 6.07) is -0.407. The molecule has 0 aromatic rings. The van der Waals surface area contributed by atoms with Gasteiger partial charge in [0.25, 0.3) is 5.91 Å². The second-order valence-electron chi connectivity index (χ2n) is 3.74. The maximum atomic E-state index is 11.5. The molecule has 1 amide bonds. The molecule has 0 aromatic heterocycles. The van der Waals surface area contributed by atoms with Crippen LogP contribution < -0.4 is 16.1 Å². The molecule has 0 bridgehead atoms. The van der Waals surface area contributed by atoms with Crippen molar-refractivity contribution in [1.29, 1.82) is 0 Å². The summed E-state index contributed by atoms with van der Waals surface area (Å²) in [6.45, 7) is 4.08. The Morgan fingerprint density at radius 3 is 2.79 bits per heavy atom. The van der Waals surface area contributed by atoms with Gasteiger partial charge in [-0.2, -0.15) is 5.10 Å². The first kappa shape index (κ1) is 9.39. The fourth-order valence-electron chi connectivity index (χ4n) is 1.68. The highest BCUT2D eigenvalue weighted by atomic mass is 32.1. The zero-order chi connectivity index (χ0) is 10.3. The molecule has 2 aliphatic rings. The van der Waals surface area contributed by atoms with Crippen molar-refractivity contribution >= 4 is 28.9 Å². The van der Waals surface area contributed by atoms with Crippen LogP contribution in [0.1, 0.15) is 13.8 Å². The van der Waals surface area contributed by atoms with Crippen LogP contribution in [0.5, 0.6) is 0 Å². The van der Waals surface area contributed by atoms with E-state index < -0.39 is 0 Å². The van der Waals surface area contributed by atoms with Gasteiger partial charge in [-0.15, -0.1) is 0 Å². The van der Waals surface area contributed by atoms with E-state index in [-0.39, 0.29) is 18.0 Å². The highest BCUT2D eigenvalue weighted by Gasteiger charge is 2.41. The molecule has 2 aliphatic heterocycles. The number of amides is 1. The molecule has 0 aromatic carbocycles. The van der Waals surface area contributed by atoms with Gasteiger partial charge in [-0.1, -0.05) is 13.8 Å². The zero-order valence-corrected chi connectivity index (χ0v) is 8.81. The van der Waals surface area contributed by atoms with Crippen molar-refractivity contribution in [3.05, 3.63) is 0 Å². The topological polar surface area (TPSA) is 65.5 Å². The lowest BCUT2D eigenvalue weighted by atomic mass is 9.95. The Bertz CT molecular complexity index is 325. The first-order valence-electron chi connectivity index (χ1n) is 4.54. The first-order valence-corrected chi connectivity index (χ1v) is 4.95. The Hall–Kier alpha value is -1.17. The SMILES string of the molecule is CC(C)C1=NNC2C(=O)NC(=S)NC12.